The first-order valence-electron chi connectivity index (χ1n) is 5.30. The van der Waals surface area contributed by atoms with Crippen molar-refractivity contribution in [3.63, 3.8) is 0 Å². The lowest BCUT2D eigenvalue weighted by Crippen LogP contribution is -2.43. The molecule has 0 bridgehead atoms. The minimum Gasteiger partial charge on any atom is -0.325 e. The smallest absolute Gasteiger partial charge is 0.324 e. The van der Waals surface area contributed by atoms with Gasteiger partial charge in [-0.2, -0.15) is 0 Å². The quantitative estimate of drug-likeness (QED) is 0.715. The topological polar surface area (TPSA) is 49.4 Å². The van der Waals surface area contributed by atoms with Crippen molar-refractivity contribution in [1.82, 2.24) is 10.2 Å². The summed E-state index contributed by atoms with van der Waals surface area (Å²) >= 11 is 5.39. The van der Waals surface area contributed by atoms with Crippen molar-refractivity contribution in [3.8, 4) is 0 Å². The molecule has 0 aromatic heterocycles. The predicted molar refractivity (Wildman–Crippen MR) is 61.0 cm³/mol. The Kier molecular flexibility index (Phi) is 8.09. The first kappa shape index (κ1) is 14.2. The Bertz CT molecular complexity index is 210. The van der Waals surface area contributed by atoms with Crippen molar-refractivity contribution in [2.45, 2.75) is 33.1 Å². The second-order valence-corrected chi connectivity index (χ2v) is 3.60. The fourth-order valence-electron chi connectivity index (χ4n) is 1.10. The molecule has 88 valence electrons. The molecular weight excluding hydrogens is 216 g/mol. The normalized spacial score (nSPS) is 9.80. The molecule has 0 saturated heterocycles. The number of nitrogens with zero attached hydrogens (tertiary/aromatic N) is 1. The summed E-state index contributed by atoms with van der Waals surface area (Å²) in [6, 6.07) is -0.318. The van der Waals surface area contributed by atoms with Crippen LogP contribution in [0.2, 0.25) is 0 Å². The summed E-state index contributed by atoms with van der Waals surface area (Å²) in [7, 11) is 0. The lowest BCUT2D eigenvalue weighted by molar-refractivity contribution is -0.119. The first-order chi connectivity index (χ1) is 7.15. The highest BCUT2D eigenvalue weighted by atomic mass is 35.5. The average Bonchev–Trinajstić information content (AvgIpc) is 2.19. The highest BCUT2D eigenvalue weighted by Crippen LogP contribution is 1.96. The van der Waals surface area contributed by atoms with Gasteiger partial charge in [-0.05, 0) is 13.3 Å². The molecule has 0 aliphatic rings. The molecule has 0 saturated carbocycles. The zero-order valence-corrected chi connectivity index (χ0v) is 10.1. The maximum absolute atomic E-state index is 11.5. The third kappa shape index (κ3) is 6.33. The highest BCUT2D eigenvalue weighted by Gasteiger charge is 2.13. The Morgan fingerprint density at radius 3 is 2.47 bits per heavy atom. The molecule has 5 heteroatoms. The monoisotopic (exact) mass is 234 g/mol. The molecule has 0 atom stereocenters. The van der Waals surface area contributed by atoms with Crippen LogP contribution in [0.3, 0.4) is 0 Å². The van der Waals surface area contributed by atoms with Crippen LogP contribution in [-0.2, 0) is 4.79 Å². The molecular formula is C10H19ClN2O2. The molecule has 0 fully saturated rings. The van der Waals surface area contributed by atoms with Gasteiger partial charge < -0.3 is 4.90 Å². The predicted octanol–water partition coefficient (Wildman–Crippen LogP) is 1.97. The summed E-state index contributed by atoms with van der Waals surface area (Å²) in [6.45, 7) is 5.25. The first-order valence-corrected chi connectivity index (χ1v) is 5.83. The van der Waals surface area contributed by atoms with E-state index >= 15 is 0 Å². The summed E-state index contributed by atoms with van der Waals surface area (Å²) in [5.41, 5.74) is 0. The van der Waals surface area contributed by atoms with Crippen LogP contribution >= 0.6 is 11.6 Å². The van der Waals surface area contributed by atoms with Crippen LogP contribution < -0.4 is 5.32 Å². The number of alkyl halides is 1. The molecule has 0 rings (SSSR count). The number of imide groups is 1. The molecule has 0 radical (unpaired) electrons. The number of carbonyl (C=O) groups is 2. The van der Waals surface area contributed by atoms with Gasteiger partial charge in [0.1, 0.15) is 0 Å². The lowest BCUT2D eigenvalue weighted by Gasteiger charge is -2.20. The van der Waals surface area contributed by atoms with Gasteiger partial charge >= 0.3 is 6.03 Å². The molecule has 0 aliphatic heterocycles. The third-order valence-electron chi connectivity index (χ3n) is 2.02. The summed E-state index contributed by atoms with van der Waals surface area (Å²) in [5, 5.41) is 2.30. The zero-order valence-electron chi connectivity index (χ0n) is 9.38. The van der Waals surface area contributed by atoms with Gasteiger partial charge in [-0.15, -0.1) is 11.6 Å². The standard InChI is InChI=1S/C10H19ClN2O2/c1-3-5-8-13(4-2)10(15)12-9(14)6-7-11/h3-8H2,1-2H3,(H,12,14,15). The van der Waals surface area contributed by atoms with Gasteiger partial charge in [-0.1, -0.05) is 13.3 Å². The van der Waals surface area contributed by atoms with Crippen molar-refractivity contribution in [2.75, 3.05) is 19.0 Å². The molecule has 0 heterocycles. The molecule has 3 amide bonds. The Balaban J connectivity index is 3.97. The molecule has 15 heavy (non-hydrogen) atoms. The number of hydrogen-bond acceptors (Lipinski definition) is 2. The highest BCUT2D eigenvalue weighted by molar-refractivity contribution is 6.19. The van der Waals surface area contributed by atoms with Gasteiger partial charge in [-0.3, -0.25) is 10.1 Å². The average molecular weight is 235 g/mol. The summed E-state index contributed by atoms with van der Waals surface area (Å²) in [4.78, 5) is 24.2. The van der Waals surface area contributed by atoms with Crippen molar-refractivity contribution in [1.29, 1.82) is 0 Å². The second-order valence-electron chi connectivity index (χ2n) is 3.23. The van der Waals surface area contributed by atoms with Gasteiger partial charge in [0.2, 0.25) is 5.91 Å². The van der Waals surface area contributed by atoms with Crippen LogP contribution in [0, 0.1) is 0 Å². The summed E-state index contributed by atoms with van der Waals surface area (Å²) in [6.07, 6.45) is 2.16. The van der Waals surface area contributed by atoms with E-state index in [9.17, 15) is 9.59 Å². The van der Waals surface area contributed by atoms with E-state index in [4.69, 9.17) is 11.6 Å². The molecule has 0 aliphatic carbocycles. The molecule has 0 spiro atoms. The fourth-order valence-corrected chi connectivity index (χ4v) is 1.27. The van der Waals surface area contributed by atoms with Gasteiger partial charge in [0.25, 0.3) is 0 Å². The van der Waals surface area contributed by atoms with Crippen molar-refractivity contribution in [3.05, 3.63) is 0 Å². The van der Waals surface area contributed by atoms with E-state index in [1.165, 1.54) is 0 Å². The van der Waals surface area contributed by atoms with Crippen molar-refractivity contribution >= 4 is 23.5 Å². The summed E-state index contributed by atoms with van der Waals surface area (Å²) < 4.78 is 0. The fraction of sp³-hybridized carbons (Fsp3) is 0.800. The minimum atomic E-state index is -0.318. The van der Waals surface area contributed by atoms with Crippen LogP contribution in [0.5, 0.6) is 0 Å². The minimum absolute atomic E-state index is 0.179. The number of nitrogens with one attached hydrogen (secondary N) is 1. The molecule has 0 unspecified atom stereocenters. The number of unbranched alkanes of at least 4 members (excludes halogenated alkanes) is 1. The number of carbonyl (C=O) groups excluding carboxylic acids is 2. The van der Waals surface area contributed by atoms with Crippen molar-refractivity contribution < 1.29 is 9.59 Å². The number of urea groups is 1. The molecule has 4 nitrogen and oxygen atoms in total. The van der Waals surface area contributed by atoms with E-state index < -0.39 is 0 Å². The molecule has 0 aromatic carbocycles. The SMILES string of the molecule is CCCCN(CC)C(=O)NC(=O)CCCl. The van der Waals surface area contributed by atoms with Gasteiger partial charge in [0, 0.05) is 25.4 Å². The van der Waals surface area contributed by atoms with E-state index in [2.05, 4.69) is 12.2 Å². The zero-order chi connectivity index (χ0) is 11.7. The number of hydrogen-bond donors (Lipinski definition) is 1. The Labute approximate surface area is 96.0 Å². The van der Waals surface area contributed by atoms with Gasteiger partial charge in [0.05, 0.1) is 0 Å². The van der Waals surface area contributed by atoms with E-state index in [-0.39, 0.29) is 24.2 Å². The molecule has 0 aromatic rings. The molecule has 1 N–H and O–H groups in total. The Morgan fingerprint density at radius 1 is 1.33 bits per heavy atom. The third-order valence-corrected chi connectivity index (χ3v) is 2.21. The Hall–Kier alpha value is -0.770. The van der Waals surface area contributed by atoms with E-state index in [0.717, 1.165) is 12.8 Å². The van der Waals surface area contributed by atoms with E-state index in [0.29, 0.717) is 13.1 Å². The van der Waals surface area contributed by atoms with E-state index in [1.807, 2.05) is 6.92 Å². The summed E-state index contributed by atoms with van der Waals surface area (Å²) in [5.74, 6) is -0.0786. The van der Waals surface area contributed by atoms with Crippen molar-refractivity contribution in [2.24, 2.45) is 0 Å². The van der Waals surface area contributed by atoms with Crippen LogP contribution in [0.25, 0.3) is 0 Å². The lowest BCUT2D eigenvalue weighted by atomic mass is 10.3. The van der Waals surface area contributed by atoms with Gasteiger partial charge in [-0.25, -0.2) is 4.79 Å². The van der Waals surface area contributed by atoms with Gasteiger partial charge in [0.15, 0.2) is 0 Å². The van der Waals surface area contributed by atoms with Crippen LogP contribution in [0.4, 0.5) is 4.79 Å². The van der Waals surface area contributed by atoms with Crippen LogP contribution in [0.15, 0.2) is 0 Å². The number of halogens is 1. The Morgan fingerprint density at radius 2 is 2.00 bits per heavy atom. The maximum atomic E-state index is 11.5. The second kappa shape index (κ2) is 8.53. The number of rotatable bonds is 6. The number of amides is 3. The van der Waals surface area contributed by atoms with Crippen LogP contribution in [-0.4, -0.2) is 35.8 Å². The van der Waals surface area contributed by atoms with E-state index in [1.54, 1.807) is 4.90 Å². The largest absolute Gasteiger partial charge is 0.325 e. The van der Waals surface area contributed by atoms with Crippen LogP contribution in [0.1, 0.15) is 33.1 Å². The maximum Gasteiger partial charge on any atom is 0.324 e.